The van der Waals surface area contributed by atoms with Crippen LogP contribution in [-0.2, 0) is 5.41 Å². The smallest absolute Gasteiger partial charge is 0.00405 e. The third kappa shape index (κ3) is 2.07. The van der Waals surface area contributed by atoms with Crippen molar-refractivity contribution in [1.29, 1.82) is 0 Å². The van der Waals surface area contributed by atoms with E-state index >= 15 is 0 Å². The van der Waals surface area contributed by atoms with Crippen molar-refractivity contribution in [3.63, 3.8) is 0 Å². The summed E-state index contributed by atoms with van der Waals surface area (Å²) in [6.45, 7) is 9.11. The van der Waals surface area contributed by atoms with Gasteiger partial charge in [-0.15, -0.1) is 0 Å². The van der Waals surface area contributed by atoms with Gasteiger partial charge in [0.2, 0.25) is 0 Å². The summed E-state index contributed by atoms with van der Waals surface area (Å²) >= 11 is 0. The number of rotatable bonds is 1. The molecule has 0 radical (unpaired) electrons. The Morgan fingerprint density at radius 2 is 1.73 bits per heavy atom. The fourth-order valence-electron chi connectivity index (χ4n) is 2.38. The second-order valence-corrected chi connectivity index (χ2v) is 5.11. The van der Waals surface area contributed by atoms with Gasteiger partial charge in [-0.25, -0.2) is 0 Å². The maximum atomic E-state index is 3.44. The molecule has 0 aromatic heterocycles. The Bertz CT molecular complexity index is 348. The van der Waals surface area contributed by atoms with Crippen LogP contribution in [0.15, 0.2) is 18.2 Å². The molecule has 0 unspecified atom stereocenters. The lowest BCUT2D eigenvalue weighted by molar-refractivity contribution is 0.335. The lowest BCUT2D eigenvalue weighted by Crippen LogP contribution is -2.37. The molecule has 1 aliphatic heterocycles. The first-order chi connectivity index (χ1) is 7.12. The first-order valence-corrected chi connectivity index (χ1v) is 5.90. The van der Waals surface area contributed by atoms with Crippen LogP contribution in [0.1, 0.15) is 36.5 Å². The van der Waals surface area contributed by atoms with E-state index in [4.69, 9.17) is 0 Å². The molecule has 82 valence electrons. The van der Waals surface area contributed by atoms with Gasteiger partial charge in [0.1, 0.15) is 0 Å². The van der Waals surface area contributed by atoms with Crippen LogP contribution >= 0.6 is 0 Å². The van der Waals surface area contributed by atoms with Crippen molar-refractivity contribution >= 4 is 0 Å². The predicted molar refractivity (Wildman–Crippen MR) is 65.4 cm³/mol. The van der Waals surface area contributed by atoms with Crippen molar-refractivity contribution in [2.24, 2.45) is 0 Å². The zero-order valence-electron chi connectivity index (χ0n) is 10.1. The first kappa shape index (κ1) is 10.7. The van der Waals surface area contributed by atoms with Crippen molar-refractivity contribution in [3.05, 3.63) is 34.9 Å². The molecule has 0 atom stereocenters. The van der Waals surface area contributed by atoms with Crippen LogP contribution in [0, 0.1) is 13.8 Å². The summed E-state index contributed by atoms with van der Waals surface area (Å²) in [7, 11) is 0. The third-order valence-electron chi connectivity index (χ3n) is 3.91. The number of nitrogens with one attached hydrogen (secondary N) is 1. The molecule has 1 heteroatoms. The van der Waals surface area contributed by atoms with Gasteiger partial charge in [0.05, 0.1) is 0 Å². The highest BCUT2D eigenvalue weighted by atomic mass is 14.9. The Morgan fingerprint density at radius 3 is 2.33 bits per heavy atom. The van der Waals surface area contributed by atoms with E-state index in [2.05, 4.69) is 44.3 Å². The number of hydrogen-bond acceptors (Lipinski definition) is 1. The number of benzene rings is 1. The van der Waals surface area contributed by atoms with Gasteiger partial charge in [-0.05, 0) is 61.9 Å². The van der Waals surface area contributed by atoms with E-state index in [0.717, 1.165) is 13.1 Å². The monoisotopic (exact) mass is 203 g/mol. The normalized spacial score (nSPS) is 20.2. The van der Waals surface area contributed by atoms with Gasteiger partial charge in [-0.1, -0.05) is 25.1 Å². The van der Waals surface area contributed by atoms with Crippen LogP contribution in [0.25, 0.3) is 0 Å². The topological polar surface area (TPSA) is 12.0 Å². The van der Waals surface area contributed by atoms with Crippen LogP contribution in [0.2, 0.25) is 0 Å². The van der Waals surface area contributed by atoms with Crippen molar-refractivity contribution in [1.82, 2.24) is 5.32 Å². The third-order valence-corrected chi connectivity index (χ3v) is 3.91. The van der Waals surface area contributed by atoms with Gasteiger partial charge in [0.15, 0.2) is 0 Å². The molecule has 0 spiro atoms. The Balaban J connectivity index is 2.31. The SMILES string of the molecule is Cc1ccc(C2(C)CCNCC2)cc1C. The minimum atomic E-state index is 0.393. The van der Waals surface area contributed by atoms with E-state index in [-0.39, 0.29) is 0 Å². The number of aryl methyl sites for hydroxylation is 2. The maximum absolute atomic E-state index is 3.44. The van der Waals surface area contributed by atoms with E-state index in [1.54, 1.807) is 0 Å². The predicted octanol–water partition coefficient (Wildman–Crippen LogP) is 2.94. The Hall–Kier alpha value is -0.820. The van der Waals surface area contributed by atoms with E-state index in [0.29, 0.717) is 5.41 Å². The summed E-state index contributed by atoms with van der Waals surface area (Å²) in [5.41, 5.74) is 4.74. The highest BCUT2D eigenvalue weighted by Crippen LogP contribution is 2.33. The molecule has 1 aromatic carbocycles. The molecule has 0 amide bonds. The molecule has 1 N–H and O–H groups in total. The van der Waals surface area contributed by atoms with Gasteiger partial charge in [0, 0.05) is 0 Å². The average molecular weight is 203 g/mol. The number of hydrogen-bond donors (Lipinski definition) is 1. The molecule has 0 aliphatic carbocycles. The van der Waals surface area contributed by atoms with E-state index in [1.807, 2.05) is 0 Å². The molecule has 1 saturated heterocycles. The van der Waals surface area contributed by atoms with Crippen LogP contribution in [0.3, 0.4) is 0 Å². The minimum Gasteiger partial charge on any atom is -0.317 e. The second-order valence-electron chi connectivity index (χ2n) is 5.11. The van der Waals surface area contributed by atoms with Crippen LogP contribution < -0.4 is 5.32 Å². The molecule has 1 heterocycles. The molecule has 1 aromatic rings. The molecular weight excluding hydrogens is 182 g/mol. The zero-order chi connectivity index (χ0) is 10.9. The van der Waals surface area contributed by atoms with E-state index < -0.39 is 0 Å². The molecule has 0 bridgehead atoms. The molecule has 2 rings (SSSR count). The van der Waals surface area contributed by atoms with Crippen LogP contribution in [0.4, 0.5) is 0 Å². The van der Waals surface area contributed by atoms with E-state index in [9.17, 15) is 0 Å². The summed E-state index contributed by atoms with van der Waals surface area (Å²) in [6.07, 6.45) is 2.52. The molecular formula is C14H21N. The minimum absolute atomic E-state index is 0.393. The molecule has 1 fully saturated rings. The summed E-state index contributed by atoms with van der Waals surface area (Å²) in [5.74, 6) is 0. The average Bonchev–Trinajstić information content (AvgIpc) is 2.23. The molecule has 15 heavy (non-hydrogen) atoms. The van der Waals surface area contributed by atoms with Crippen molar-refractivity contribution < 1.29 is 0 Å². The summed E-state index contributed by atoms with van der Waals surface area (Å²) in [5, 5.41) is 3.44. The standard InChI is InChI=1S/C14H21N/c1-11-4-5-13(10-12(11)2)14(3)6-8-15-9-7-14/h4-5,10,15H,6-9H2,1-3H3. The van der Waals surface area contributed by atoms with Gasteiger partial charge in [-0.3, -0.25) is 0 Å². The maximum Gasteiger partial charge on any atom is -0.00405 e. The van der Waals surface area contributed by atoms with Crippen molar-refractivity contribution in [2.45, 2.75) is 39.0 Å². The lowest BCUT2D eigenvalue weighted by atomic mass is 9.74. The fourth-order valence-corrected chi connectivity index (χ4v) is 2.38. The van der Waals surface area contributed by atoms with Crippen LogP contribution in [-0.4, -0.2) is 13.1 Å². The van der Waals surface area contributed by atoms with Gasteiger partial charge in [-0.2, -0.15) is 0 Å². The summed E-state index contributed by atoms with van der Waals surface area (Å²) in [6, 6.07) is 6.95. The highest BCUT2D eigenvalue weighted by molar-refractivity contribution is 5.34. The van der Waals surface area contributed by atoms with Crippen molar-refractivity contribution in [2.75, 3.05) is 13.1 Å². The summed E-state index contributed by atoms with van der Waals surface area (Å²) < 4.78 is 0. The molecule has 1 aliphatic rings. The van der Waals surface area contributed by atoms with Gasteiger partial charge >= 0.3 is 0 Å². The zero-order valence-corrected chi connectivity index (χ0v) is 10.1. The number of piperidine rings is 1. The second kappa shape index (κ2) is 3.97. The Kier molecular flexibility index (Phi) is 2.83. The summed E-state index contributed by atoms with van der Waals surface area (Å²) in [4.78, 5) is 0. The lowest BCUT2D eigenvalue weighted by Gasteiger charge is -2.35. The largest absolute Gasteiger partial charge is 0.317 e. The molecule has 1 nitrogen and oxygen atoms in total. The molecule has 0 saturated carbocycles. The Morgan fingerprint density at radius 1 is 1.07 bits per heavy atom. The Labute approximate surface area is 92.9 Å². The quantitative estimate of drug-likeness (QED) is 0.740. The first-order valence-electron chi connectivity index (χ1n) is 5.90. The van der Waals surface area contributed by atoms with Gasteiger partial charge < -0.3 is 5.32 Å². The van der Waals surface area contributed by atoms with Crippen LogP contribution in [0.5, 0.6) is 0 Å². The van der Waals surface area contributed by atoms with Gasteiger partial charge in [0.25, 0.3) is 0 Å². The van der Waals surface area contributed by atoms with Crippen molar-refractivity contribution in [3.8, 4) is 0 Å². The highest BCUT2D eigenvalue weighted by Gasteiger charge is 2.28. The fraction of sp³-hybridized carbons (Fsp3) is 0.571. The van der Waals surface area contributed by atoms with E-state index in [1.165, 1.54) is 29.5 Å².